The van der Waals surface area contributed by atoms with E-state index in [1.165, 1.54) is 6.26 Å². The maximum Gasteiger partial charge on any atom is 0.287 e. The maximum atomic E-state index is 11.9. The smallest absolute Gasteiger partial charge is 0.287 e. The second-order valence-electron chi connectivity index (χ2n) is 7.31. The molecule has 1 atom stereocenters. The molecule has 1 unspecified atom stereocenters. The summed E-state index contributed by atoms with van der Waals surface area (Å²) in [5, 5.41) is 9.38. The van der Waals surface area contributed by atoms with Crippen LogP contribution in [0, 0.1) is 5.92 Å². The number of ether oxygens (including phenoxy) is 1. The number of carbonyl (C=O) groups excluding carboxylic acids is 1. The summed E-state index contributed by atoms with van der Waals surface area (Å²) in [6.45, 7) is 12.7. The summed E-state index contributed by atoms with van der Waals surface area (Å²) in [6, 6.07) is 3.76. The van der Waals surface area contributed by atoms with Crippen molar-refractivity contribution in [3.63, 3.8) is 0 Å². The number of morpholine rings is 1. The number of hydrogen-bond donors (Lipinski definition) is 3. The number of furan rings is 1. The van der Waals surface area contributed by atoms with Crippen LogP contribution in [0.25, 0.3) is 0 Å². The summed E-state index contributed by atoms with van der Waals surface area (Å²) in [5.41, 5.74) is 0. The molecule has 0 spiro atoms. The fraction of sp³-hybridized carbons (Fsp3) is 0.700. The zero-order valence-electron chi connectivity index (χ0n) is 17.8. The van der Waals surface area contributed by atoms with Gasteiger partial charge in [-0.05, 0) is 31.4 Å². The van der Waals surface area contributed by atoms with Crippen LogP contribution in [0.5, 0.6) is 0 Å². The van der Waals surface area contributed by atoms with E-state index >= 15 is 0 Å². The molecule has 1 amide bonds. The van der Waals surface area contributed by atoms with E-state index < -0.39 is 0 Å². The molecule has 1 saturated heterocycles. The highest BCUT2D eigenvalue weighted by Crippen LogP contribution is 2.14. The third-order valence-electron chi connectivity index (χ3n) is 4.56. The van der Waals surface area contributed by atoms with Crippen LogP contribution >= 0.6 is 24.0 Å². The molecule has 0 radical (unpaired) electrons. The van der Waals surface area contributed by atoms with Gasteiger partial charge in [0, 0.05) is 38.8 Å². The summed E-state index contributed by atoms with van der Waals surface area (Å²) >= 11 is 0. The van der Waals surface area contributed by atoms with Crippen molar-refractivity contribution in [3.05, 3.63) is 24.2 Å². The van der Waals surface area contributed by atoms with Crippen LogP contribution in [-0.4, -0.2) is 75.3 Å². The summed E-state index contributed by atoms with van der Waals surface area (Å²) in [7, 11) is 0. The van der Waals surface area contributed by atoms with Crippen molar-refractivity contribution in [3.8, 4) is 0 Å². The first kappa shape index (κ1) is 25.7. The molecule has 9 heteroatoms. The fourth-order valence-corrected chi connectivity index (χ4v) is 3.22. The zero-order chi connectivity index (χ0) is 20.2. The molecular formula is C20H36IN5O3. The van der Waals surface area contributed by atoms with Gasteiger partial charge in [0.2, 0.25) is 0 Å². The van der Waals surface area contributed by atoms with Gasteiger partial charge in [-0.2, -0.15) is 0 Å². The molecular weight excluding hydrogens is 485 g/mol. The molecule has 0 aliphatic carbocycles. The van der Waals surface area contributed by atoms with Crippen molar-refractivity contribution >= 4 is 35.8 Å². The molecule has 1 aliphatic heterocycles. The van der Waals surface area contributed by atoms with Crippen molar-refractivity contribution in [2.24, 2.45) is 10.9 Å². The van der Waals surface area contributed by atoms with Crippen LogP contribution < -0.4 is 16.0 Å². The van der Waals surface area contributed by atoms with Crippen LogP contribution in [0.4, 0.5) is 0 Å². The lowest BCUT2D eigenvalue weighted by molar-refractivity contribution is 0.0143. The van der Waals surface area contributed by atoms with Crippen molar-refractivity contribution in [2.45, 2.75) is 33.2 Å². The molecule has 2 heterocycles. The van der Waals surface area contributed by atoms with Gasteiger partial charge in [0.05, 0.1) is 26.0 Å². The van der Waals surface area contributed by atoms with Crippen LogP contribution in [0.15, 0.2) is 27.8 Å². The van der Waals surface area contributed by atoms with E-state index in [1.54, 1.807) is 12.1 Å². The Bertz CT molecular complexity index is 589. The summed E-state index contributed by atoms with van der Waals surface area (Å²) < 4.78 is 10.6. The Balaban J connectivity index is 0.00000420. The van der Waals surface area contributed by atoms with Crippen molar-refractivity contribution in [2.75, 3.05) is 52.5 Å². The lowest BCUT2D eigenvalue weighted by Crippen LogP contribution is -2.47. The number of hydrogen-bond acceptors (Lipinski definition) is 5. The van der Waals surface area contributed by atoms with E-state index in [2.05, 4.69) is 34.7 Å². The highest BCUT2D eigenvalue weighted by Gasteiger charge is 2.21. The van der Waals surface area contributed by atoms with Gasteiger partial charge in [0.1, 0.15) is 0 Å². The molecule has 0 bridgehead atoms. The number of guanidine groups is 1. The van der Waals surface area contributed by atoms with Gasteiger partial charge in [-0.3, -0.25) is 14.7 Å². The minimum absolute atomic E-state index is 0. The SMILES string of the molecule is CCNC(=NCC(CC(C)C)N1CCOCC1)NCCNC(=O)c1ccco1.I. The molecule has 8 nitrogen and oxygen atoms in total. The first-order valence-electron chi connectivity index (χ1n) is 10.3. The summed E-state index contributed by atoms with van der Waals surface area (Å²) in [4.78, 5) is 19.2. The van der Waals surface area contributed by atoms with Crippen molar-refractivity contribution in [1.29, 1.82) is 0 Å². The number of amides is 1. The molecule has 1 aliphatic rings. The maximum absolute atomic E-state index is 11.9. The van der Waals surface area contributed by atoms with Crippen LogP contribution in [-0.2, 0) is 4.74 Å². The van der Waals surface area contributed by atoms with Gasteiger partial charge in [-0.25, -0.2) is 0 Å². The van der Waals surface area contributed by atoms with E-state index in [4.69, 9.17) is 14.1 Å². The lowest BCUT2D eigenvalue weighted by atomic mass is 10.0. The number of aliphatic imine (C=N–C) groups is 1. The Labute approximate surface area is 191 Å². The number of nitrogens with zero attached hydrogens (tertiary/aromatic N) is 2. The first-order chi connectivity index (χ1) is 13.6. The third kappa shape index (κ3) is 9.81. The minimum atomic E-state index is -0.210. The van der Waals surface area contributed by atoms with Crippen LogP contribution in [0.2, 0.25) is 0 Å². The Morgan fingerprint density at radius 2 is 1.93 bits per heavy atom. The number of carbonyl (C=O) groups is 1. The van der Waals surface area contributed by atoms with Crippen molar-refractivity contribution < 1.29 is 13.9 Å². The Hall–Kier alpha value is -1.33. The molecule has 1 fully saturated rings. The third-order valence-corrected chi connectivity index (χ3v) is 4.56. The molecule has 1 aromatic heterocycles. The van der Waals surface area contributed by atoms with Gasteiger partial charge in [-0.15, -0.1) is 24.0 Å². The van der Waals surface area contributed by atoms with Gasteiger partial charge >= 0.3 is 0 Å². The Morgan fingerprint density at radius 3 is 2.55 bits per heavy atom. The average Bonchev–Trinajstić information content (AvgIpc) is 3.23. The van der Waals surface area contributed by atoms with E-state index in [-0.39, 0.29) is 29.9 Å². The fourth-order valence-electron chi connectivity index (χ4n) is 3.22. The van der Waals surface area contributed by atoms with Crippen LogP contribution in [0.1, 0.15) is 37.7 Å². The lowest BCUT2D eigenvalue weighted by Gasteiger charge is -2.34. The summed E-state index contributed by atoms with van der Waals surface area (Å²) in [5.74, 6) is 1.51. The summed E-state index contributed by atoms with van der Waals surface area (Å²) in [6.07, 6.45) is 2.60. The standard InChI is InChI=1S/C20H35N5O3.HI/c1-4-21-20(23-8-7-22-19(26)18-6-5-11-28-18)24-15-17(14-16(2)3)25-9-12-27-13-10-25;/h5-6,11,16-17H,4,7-10,12-15H2,1-3H3,(H,22,26)(H2,21,23,24);1H. The molecule has 2 rings (SSSR count). The van der Waals surface area contributed by atoms with Crippen LogP contribution in [0.3, 0.4) is 0 Å². The van der Waals surface area contributed by atoms with E-state index in [0.29, 0.717) is 30.8 Å². The molecule has 166 valence electrons. The van der Waals surface area contributed by atoms with E-state index in [0.717, 1.165) is 51.8 Å². The molecule has 29 heavy (non-hydrogen) atoms. The minimum Gasteiger partial charge on any atom is -0.459 e. The Kier molecular flexibility index (Phi) is 13.0. The van der Waals surface area contributed by atoms with Gasteiger partial charge in [0.25, 0.3) is 5.91 Å². The topological polar surface area (TPSA) is 91.1 Å². The Morgan fingerprint density at radius 1 is 1.21 bits per heavy atom. The number of halogens is 1. The highest BCUT2D eigenvalue weighted by molar-refractivity contribution is 14.0. The van der Waals surface area contributed by atoms with E-state index in [9.17, 15) is 4.79 Å². The second-order valence-corrected chi connectivity index (χ2v) is 7.31. The first-order valence-corrected chi connectivity index (χ1v) is 10.3. The zero-order valence-corrected chi connectivity index (χ0v) is 20.1. The predicted octanol–water partition coefficient (Wildman–Crippen LogP) is 1.93. The number of rotatable bonds is 10. The monoisotopic (exact) mass is 521 g/mol. The molecule has 3 N–H and O–H groups in total. The molecule has 0 saturated carbocycles. The molecule has 0 aromatic carbocycles. The second kappa shape index (κ2) is 14.6. The van der Waals surface area contributed by atoms with E-state index in [1.807, 2.05) is 6.92 Å². The average molecular weight is 521 g/mol. The normalized spacial score (nSPS) is 16.2. The highest BCUT2D eigenvalue weighted by atomic mass is 127. The molecule has 1 aromatic rings. The predicted molar refractivity (Wildman–Crippen MR) is 126 cm³/mol. The van der Waals surface area contributed by atoms with Gasteiger partial charge in [-0.1, -0.05) is 13.8 Å². The van der Waals surface area contributed by atoms with Crippen molar-refractivity contribution in [1.82, 2.24) is 20.9 Å². The van der Waals surface area contributed by atoms with Gasteiger partial charge < -0.3 is 25.1 Å². The number of nitrogens with one attached hydrogen (secondary N) is 3. The quantitative estimate of drug-likeness (QED) is 0.189. The largest absolute Gasteiger partial charge is 0.459 e. The van der Waals surface area contributed by atoms with Gasteiger partial charge in [0.15, 0.2) is 11.7 Å².